The van der Waals surface area contributed by atoms with Gasteiger partial charge in [0.25, 0.3) is 5.56 Å². The molecule has 0 bridgehead atoms. The van der Waals surface area contributed by atoms with Crippen molar-refractivity contribution in [3.63, 3.8) is 0 Å². The summed E-state index contributed by atoms with van der Waals surface area (Å²) < 4.78 is 14.9. The van der Waals surface area contributed by atoms with Crippen LogP contribution >= 0.6 is 0 Å². The Bertz CT molecular complexity index is 1010. The molecule has 0 unspecified atom stereocenters. The zero-order valence-corrected chi connectivity index (χ0v) is 16.3. The van der Waals surface area contributed by atoms with Gasteiger partial charge < -0.3 is 0 Å². The Labute approximate surface area is 164 Å². The molecule has 1 aromatic carbocycles. The van der Waals surface area contributed by atoms with Gasteiger partial charge in [-0.15, -0.1) is 0 Å². The average molecular weight is 379 g/mol. The fourth-order valence-corrected chi connectivity index (χ4v) is 4.24. The van der Waals surface area contributed by atoms with Gasteiger partial charge in [0.05, 0.1) is 5.69 Å². The summed E-state index contributed by atoms with van der Waals surface area (Å²) in [5.41, 5.74) is 3.41. The fourth-order valence-electron chi connectivity index (χ4n) is 4.24. The number of rotatable bonds is 5. The lowest BCUT2D eigenvalue weighted by Gasteiger charge is -2.34. The van der Waals surface area contributed by atoms with Crippen molar-refractivity contribution in [2.75, 3.05) is 0 Å². The molecule has 3 aromatic rings. The molecule has 4 nitrogen and oxygen atoms in total. The molecular formula is C23H26FN3O. The molecule has 0 spiro atoms. The third-order valence-corrected chi connectivity index (χ3v) is 5.69. The molecule has 1 saturated carbocycles. The number of nitrogens with zero attached hydrogens (tertiary/aromatic N) is 3. The van der Waals surface area contributed by atoms with Gasteiger partial charge in [0.2, 0.25) is 0 Å². The second kappa shape index (κ2) is 8.23. The second-order valence-corrected chi connectivity index (χ2v) is 7.77. The summed E-state index contributed by atoms with van der Waals surface area (Å²) in [6.45, 7) is 3.28. The van der Waals surface area contributed by atoms with E-state index in [-0.39, 0.29) is 11.4 Å². The first-order valence-corrected chi connectivity index (χ1v) is 10.1. The standard InChI is InChI=1S/C23H26FN3O/c1-17-6-5-9-22-25-20(14-23(28)27(17)22)16-26(21-7-3-2-4-8-21)15-18-10-12-19(24)13-11-18/h5-6,9-14,21H,2-4,7-8,15-16H2,1H3. The Morgan fingerprint density at radius 1 is 1.07 bits per heavy atom. The molecule has 0 atom stereocenters. The van der Waals surface area contributed by atoms with Crippen molar-refractivity contribution in [1.82, 2.24) is 14.3 Å². The maximum atomic E-state index is 13.3. The van der Waals surface area contributed by atoms with Crippen LogP contribution in [0.5, 0.6) is 0 Å². The summed E-state index contributed by atoms with van der Waals surface area (Å²) in [5, 5.41) is 0. The highest BCUT2D eigenvalue weighted by Gasteiger charge is 2.22. The van der Waals surface area contributed by atoms with E-state index in [0.29, 0.717) is 18.2 Å². The van der Waals surface area contributed by atoms with E-state index >= 15 is 0 Å². The first-order valence-electron chi connectivity index (χ1n) is 10.1. The summed E-state index contributed by atoms with van der Waals surface area (Å²) >= 11 is 0. The summed E-state index contributed by atoms with van der Waals surface area (Å²) in [5.74, 6) is -0.215. The molecule has 0 amide bonds. The molecule has 4 rings (SSSR count). The molecular weight excluding hydrogens is 353 g/mol. The number of pyridine rings is 1. The van der Waals surface area contributed by atoms with Crippen molar-refractivity contribution in [2.24, 2.45) is 0 Å². The van der Waals surface area contributed by atoms with Crippen LogP contribution < -0.4 is 5.56 Å². The van der Waals surface area contributed by atoms with Crippen LogP contribution in [0.1, 0.15) is 49.1 Å². The fraction of sp³-hybridized carbons (Fsp3) is 0.391. The maximum absolute atomic E-state index is 13.3. The van der Waals surface area contributed by atoms with Crippen molar-refractivity contribution in [3.8, 4) is 0 Å². The third kappa shape index (κ3) is 4.14. The van der Waals surface area contributed by atoms with Gasteiger partial charge >= 0.3 is 0 Å². The molecule has 0 N–H and O–H groups in total. The zero-order valence-electron chi connectivity index (χ0n) is 16.3. The van der Waals surface area contributed by atoms with Gasteiger partial charge in [0.1, 0.15) is 11.5 Å². The summed E-state index contributed by atoms with van der Waals surface area (Å²) in [6, 6.07) is 14.6. The maximum Gasteiger partial charge on any atom is 0.258 e. The molecule has 28 heavy (non-hydrogen) atoms. The molecule has 0 saturated heterocycles. The molecule has 2 heterocycles. The van der Waals surface area contributed by atoms with Crippen LogP contribution in [0.25, 0.3) is 5.65 Å². The largest absolute Gasteiger partial charge is 0.290 e. The van der Waals surface area contributed by atoms with E-state index in [1.165, 1.54) is 31.4 Å². The zero-order chi connectivity index (χ0) is 19.5. The van der Waals surface area contributed by atoms with Gasteiger partial charge in [-0.3, -0.25) is 14.1 Å². The SMILES string of the molecule is Cc1cccc2nc(CN(Cc3ccc(F)cc3)C3CCCCC3)cc(=O)n12. The number of fused-ring (bicyclic) bond motifs is 1. The number of aryl methyl sites for hydroxylation is 1. The topological polar surface area (TPSA) is 37.6 Å². The summed E-state index contributed by atoms with van der Waals surface area (Å²) in [7, 11) is 0. The van der Waals surface area contributed by atoms with Crippen LogP contribution in [0.3, 0.4) is 0 Å². The molecule has 146 valence electrons. The number of hydrogen-bond acceptors (Lipinski definition) is 3. The van der Waals surface area contributed by atoms with Crippen molar-refractivity contribution in [2.45, 2.75) is 58.2 Å². The number of aromatic nitrogens is 2. The first kappa shape index (κ1) is 18.8. The van der Waals surface area contributed by atoms with E-state index in [9.17, 15) is 9.18 Å². The van der Waals surface area contributed by atoms with Crippen molar-refractivity contribution < 1.29 is 4.39 Å². The van der Waals surface area contributed by atoms with Crippen molar-refractivity contribution >= 4 is 5.65 Å². The molecule has 1 aliphatic carbocycles. The molecule has 2 aromatic heterocycles. The molecule has 1 aliphatic rings. The van der Waals surface area contributed by atoms with E-state index in [0.717, 1.165) is 36.3 Å². The Morgan fingerprint density at radius 2 is 1.82 bits per heavy atom. The van der Waals surface area contributed by atoms with Gasteiger partial charge in [-0.05, 0) is 49.6 Å². The highest BCUT2D eigenvalue weighted by molar-refractivity contribution is 5.40. The number of hydrogen-bond donors (Lipinski definition) is 0. The van der Waals surface area contributed by atoms with E-state index < -0.39 is 0 Å². The quantitative estimate of drug-likeness (QED) is 0.656. The Hall–Kier alpha value is -2.53. The van der Waals surface area contributed by atoms with Crippen LogP contribution in [-0.2, 0) is 13.1 Å². The van der Waals surface area contributed by atoms with Crippen molar-refractivity contribution in [3.05, 3.63) is 81.7 Å². The second-order valence-electron chi connectivity index (χ2n) is 7.77. The minimum Gasteiger partial charge on any atom is -0.290 e. The normalized spacial score (nSPS) is 15.4. The summed E-state index contributed by atoms with van der Waals surface area (Å²) in [6.07, 6.45) is 6.07. The van der Waals surface area contributed by atoms with E-state index in [2.05, 4.69) is 4.90 Å². The lowest BCUT2D eigenvalue weighted by Crippen LogP contribution is -2.36. The number of halogens is 1. The lowest BCUT2D eigenvalue weighted by molar-refractivity contribution is 0.138. The first-order chi connectivity index (χ1) is 13.6. The van der Waals surface area contributed by atoms with E-state index in [1.807, 2.05) is 37.3 Å². The summed E-state index contributed by atoms with van der Waals surface area (Å²) in [4.78, 5) is 19.8. The molecule has 5 heteroatoms. The molecule has 0 radical (unpaired) electrons. The van der Waals surface area contributed by atoms with Gasteiger partial charge in [-0.2, -0.15) is 0 Å². The molecule has 0 aliphatic heterocycles. The van der Waals surface area contributed by atoms with E-state index in [4.69, 9.17) is 4.98 Å². The lowest BCUT2D eigenvalue weighted by atomic mass is 9.93. The van der Waals surface area contributed by atoms with Crippen LogP contribution in [0.2, 0.25) is 0 Å². The van der Waals surface area contributed by atoms with Gasteiger partial charge in [0.15, 0.2) is 0 Å². The Balaban J connectivity index is 1.63. The Kier molecular flexibility index (Phi) is 5.53. The highest BCUT2D eigenvalue weighted by atomic mass is 19.1. The van der Waals surface area contributed by atoms with Crippen LogP contribution in [0, 0.1) is 12.7 Å². The van der Waals surface area contributed by atoms with Crippen LogP contribution in [0.4, 0.5) is 4.39 Å². The smallest absolute Gasteiger partial charge is 0.258 e. The predicted molar refractivity (Wildman–Crippen MR) is 109 cm³/mol. The third-order valence-electron chi connectivity index (χ3n) is 5.69. The Morgan fingerprint density at radius 3 is 2.57 bits per heavy atom. The van der Waals surface area contributed by atoms with Crippen LogP contribution in [-0.4, -0.2) is 20.3 Å². The van der Waals surface area contributed by atoms with Gasteiger partial charge in [-0.1, -0.05) is 37.5 Å². The van der Waals surface area contributed by atoms with Gasteiger partial charge in [0, 0.05) is 30.9 Å². The van der Waals surface area contributed by atoms with Crippen LogP contribution in [0.15, 0.2) is 53.3 Å². The molecule has 1 fully saturated rings. The monoisotopic (exact) mass is 379 g/mol. The minimum atomic E-state index is -0.215. The number of benzene rings is 1. The van der Waals surface area contributed by atoms with Gasteiger partial charge in [-0.25, -0.2) is 9.37 Å². The van der Waals surface area contributed by atoms with Crippen molar-refractivity contribution in [1.29, 1.82) is 0 Å². The predicted octanol–water partition coefficient (Wildman–Crippen LogP) is 4.48. The van der Waals surface area contributed by atoms with E-state index in [1.54, 1.807) is 10.5 Å². The average Bonchev–Trinajstić information content (AvgIpc) is 2.69. The highest BCUT2D eigenvalue weighted by Crippen LogP contribution is 2.25. The minimum absolute atomic E-state index is 0.0384.